The van der Waals surface area contributed by atoms with Gasteiger partial charge in [0.1, 0.15) is 5.82 Å². The first-order valence-electron chi connectivity index (χ1n) is 10.7. The number of H-pyrrole nitrogens is 1. The summed E-state index contributed by atoms with van der Waals surface area (Å²) in [4.78, 5) is 17.3. The third-order valence-corrected chi connectivity index (χ3v) is 6.43. The van der Waals surface area contributed by atoms with Gasteiger partial charge in [-0.1, -0.05) is 12.1 Å². The maximum Gasteiger partial charge on any atom is 0.103 e. The van der Waals surface area contributed by atoms with Crippen LogP contribution in [-0.4, -0.2) is 74.3 Å². The molecule has 2 aliphatic heterocycles. The number of nitrogens with one attached hydrogen (secondary N) is 1. The molecule has 0 radical (unpaired) electrons. The molecule has 29 heavy (non-hydrogen) atoms. The maximum atomic E-state index is 6.34. The Balaban J connectivity index is 1.15. The van der Waals surface area contributed by atoms with Gasteiger partial charge in [-0.2, -0.15) is 0 Å². The lowest BCUT2D eigenvalue weighted by atomic mass is 9.89. The van der Waals surface area contributed by atoms with Crippen molar-refractivity contribution in [3.8, 4) is 0 Å². The largest absolute Gasteiger partial charge is 0.372 e. The average Bonchev–Trinajstić information content (AvgIpc) is 3.34. The van der Waals surface area contributed by atoms with E-state index in [2.05, 4.69) is 47.5 Å². The van der Waals surface area contributed by atoms with Crippen LogP contribution in [0.5, 0.6) is 0 Å². The molecule has 0 atom stereocenters. The van der Waals surface area contributed by atoms with E-state index < -0.39 is 0 Å². The van der Waals surface area contributed by atoms with Gasteiger partial charge in [0.15, 0.2) is 0 Å². The minimum absolute atomic E-state index is 0.0235. The highest BCUT2D eigenvalue weighted by atomic mass is 16.5. The highest BCUT2D eigenvalue weighted by Crippen LogP contribution is 2.30. The van der Waals surface area contributed by atoms with Crippen LogP contribution >= 0.6 is 0 Å². The van der Waals surface area contributed by atoms with E-state index in [-0.39, 0.29) is 5.60 Å². The normalized spacial score (nSPS) is 20.6. The Bertz CT molecular complexity index is 955. The molecule has 1 spiro atoms. The standard InChI is InChI=1S/C22H30N6O/c1-18-23-14-19(25-18)15-26-8-6-22(7-9-26)16-27(12-13-29-22)10-11-28-17-24-20-4-2-3-5-21(20)28/h2-5,14,17H,6-13,15-16H2,1H3,(H,23,25). The fraction of sp³-hybridized carbons (Fsp3) is 0.545. The monoisotopic (exact) mass is 394 g/mol. The van der Waals surface area contributed by atoms with Crippen LogP contribution in [0.2, 0.25) is 0 Å². The predicted molar refractivity (Wildman–Crippen MR) is 113 cm³/mol. The summed E-state index contributed by atoms with van der Waals surface area (Å²) in [5.41, 5.74) is 3.52. The lowest BCUT2D eigenvalue weighted by Crippen LogP contribution is -2.57. The van der Waals surface area contributed by atoms with Crippen LogP contribution in [0.15, 0.2) is 36.8 Å². The topological polar surface area (TPSA) is 62.2 Å². The second-order valence-electron chi connectivity index (χ2n) is 8.50. The lowest BCUT2D eigenvalue weighted by molar-refractivity contribution is -0.136. The number of hydrogen-bond donors (Lipinski definition) is 1. The van der Waals surface area contributed by atoms with Crippen LogP contribution in [0.4, 0.5) is 0 Å². The molecule has 3 aromatic rings. The number of nitrogens with zero attached hydrogens (tertiary/aromatic N) is 5. The molecule has 2 fully saturated rings. The van der Waals surface area contributed by atoms with Crippen molar-refractivity contribution in [2.75, 3.05) is 39.3 Å². The predicted octanol–water partition coefficient (Wildman–Crippen LogP) is 2.43. The van der Waals surface area contributed by atoms with E-state index in [9.17, 15) is 0 Å². The molecule has 0 saturated carbocycles. The molecule has 1 N–H and O–H groups in total. The van der Waals surface area contributed by atoms with E-state index in [1.165, 1.54) is 11.2 Å². The number of piperidine rings is 1. The molecule has 5 rings (SSSR count). The summed E-state index contributed by atoms with van der Waals surface area (Å²) in [6, 6.07) is 8.36. The molecule has 0 amide bonds. The highest BCUT2D eigenvalue weighted by Gasteiger charge is 2.39. The number of hydrogen-bond acceptors (Lipinski definition) is 5. The number of imidazole rings is 2. The number of aromatic nitrogens is 4. The highest BCUT2D eigenvalue weighted by molar-refractivity contribution is 5.74. The van der Waals surface area contributed by atoms with Crippen molar-refractivity contribution in [2.24, 2.45) is 0 Å². The molecule has 7 heteroatoms. The Kier molecular flexibility index (Phi) is 5.11. The van der Waals surface area contributed by atoms with Crippen LogP contribution in [0.1, 0.15) is 24.4 Å². The van der Waals surface area contributed by atoms with E-state index in [1.807, 2.05) is 25.5 Å². The van der Waals surface area contributed by atoms with Crippen LogP contribution in [0.25, 0.3) is 11.0 Å². The zero-order chi connectivity index (χ0) is 19.7. The van der Waals surface area contributed by atoms with E-state index in [1.54, 1.807) is 0 Å². The van der Waals surface area contributed by atoms with E-state index in [0.717, 1.165) is 76.6 Å². The first kappa shape index (κ1) is 18.8. The fourth-order valence-electron chi connectivity index (χ4n) is 4.77. The van der Waals surface area contributed by atoms with Gasteiger partial charge in [0.05, 0.1) is 29.6 Å². The lowest BCUT2D eigenvalue weighted by Gasteiger charge is -2.47. The Morgan fingerprint density at radius 1 is 1.07 bits per heavy atom. The summed E-state index contributed by atoms with van der Waals surface area (Å²) in [6.45, 7) is 10.0. The van der Waals surface area contributed by atoms with Crippen LogP contribution in [0.3, 0.4) is 0 Å². The molecular formula is C22H30N6O. The summed E-state index contributed by atoms with van der Waals surface area (Å²) in [7, 11) is 0. The van der Waals surface area contributed by atoms with Gasteiger partial charge in [-0.25, -0.2) is 9.97 Å². The summed E-state index contributed by atoms with van der Waals surface area (Å²) >= 11 is 0. The number of benzene rings is 1. The molecule has 0 unspecified atom stereocenters. The van der Waals surface area contributed by atoms with Gasteiger partial charge in [-0.05, 0) is 31.9 Å². The second kappa shape index (κ2) is 7.89. The minimum Gasteiger partial charge on any atom is -0.372 e. The molecule has 1 aromatic carbocycles. The minimum atomic E-state index is 0.0235. The Hall–Kier alpha value is -2.22. The van der Waals surface area contributed by atoms with E-state index in [4.69, 9.17) is 4.74 Å². The van der Waals surface area contributed by atoms with Crippen molar-refractivity contribution in [1.82, 2.24) is 29.3 Å². The molecule has 0 bridgehead atoms. The van der Waals surface area contributed by atoms with E-state index >= 15 is 0 Å². The number of fused-ring (bicyclic) bond motifs is 1. The Morgan fingerprint density at radius 2 is 1.93 bits per heavy atom. The zero-order valence-corrected chi connectivity index (χ0v) is 17.2. The van der Waals surface area contributed by atoms with Gasteiger partial charge >= 0.3 is 0 Å². The molecular weight excluding hydrogens is 364 g/mol. The molecule has 2 saturated heterocycles. The quantitative estimate of drug-likeness (QED) is 0.720. The third-order valence-electron chi connectivity index (χ3n) is 6.43. The molecule has 2 aromatic heterocycles. The number of aryl methyl sites for hydroxylation is 1. The Labute approximate surface area is 171 Å². The number of ether oxygens (including phenoxy) is 1. The zero-order valence-electron chi connectivity index (χ0n) is 17.2. The van der Waals surface area contributed by atoms with E-state index in [0.29, 0.717) is 0 Å². The van der Waals surface area contributed by atoms with Gasteiger partial charge in [-0.15, -0.1) is 0 Å². The average molecular weight is 395 g/mol. The number of aromatic amines is 1. The van der Waals surface area contributed by atoms with Crippen LogP contribution < -0.4 is 0 Å². The number of morpholine rings is 1. The molecule has 154 valence electrons. The molecule has 4 heterocycles. The molecule has 0 aliphatic carbocycles. The van der Waals surface area contributed by atoms with Crippen molar-refractivity contribution >= 4 is 11.0 Å². The van der Waals surface area contributed by atoms with Gasteiger partial charge in [0.25, 0.3) is 0 Å². The van der Waals surface area contributed by atoms with Gasteiger partial charge in [0.2, 0.25) is 0 Å². The van der Waals surface area contributed by atoms with Crippen molar-refractivity contribution in [3.05, 3.63) is 48.3 Å². The third kappa shape index (κ3) is 4.08. The SMILES string of the molecule is Cc1ncc(CN2CCC3(CC2)CN(CCn2cnc4ccccc42)CCO3)[nH]1. The van der Waals surface area contributed by atoms with Crippen LogP contribution in [0, 0.1) is 6.92 Å². The fourth-order valence-corrected chi connectivity index (χ4v) is 4.77. The van der Waals surface area contributed by atoms with Crippen molar-refractivity contribution in [2.45, 2.75) is 38.5 Å². The van der Waals surface area contributed by atoms with Crippen molar-refractivity contribution < 1.29 is 4.74 Å². The second-order valence-corrected chi connectivity index (χ2v) is 8.50. The number of para-hydroxylation sites is 2. The summed E-state index contributed by atoms with van der Waals surface area (Å²) in [6.07, 6.45) is 6.13. The van der Waals surface area contributed by atoms with Crippen molar-refractivity contribution in [1.29, 1.82) is 0 Å². The summed E-state index contributed by atoms with van der Waals surface area (Å²) < 4.78 is 8.61. The number of rotatable bonds is 5. The number of likely N-dealkylation sites (tertiary alicyclic amines) is 1. The smallest absolute Gasteiger partial charge is 0.103 e. The van der Waals surface area contributed by atoms with Gasteiger partial charge in [0, 0.05) is 57.7 Å². The summed E-state index contributed by atoms with van der Waals surface area (Å²) in [5, 5.41) is 0. The maximum absolute atomic E-state index is 6.34. The molecule has 2 aliphatic rings. The van der Waals surface area contributed by atoms with Gasteiger partial charge in [-0.3, -0.25) is 9.80 Å². The molecule has 7 nitrogen and oxygen atoms in total. The first-order chi connectivity index (χ1) is 14.2. The van der Waals surface area contributed by atoms with Crippen LogP contribution in [-0.2, 0) is 17.8 Å². The summed E-state index contributed by atoms with van der Waals surface area (Å²) in [5.74, 6) is 0.991. The van der Waals surface area contributed by atoms with Gasteiger partial charge < -0.3 is 14.3 Å². The first-order valence-corrected chi connectivity index (χ1v) is 10.7. The van der Waals surface area contributed by atoms with Crippen molar-refractivity contribution in [3.63, 3.8) is 0 Å². The Morgan fingerprint density at radius 3 is 2.76 bits per heavy atom.